The number of ether oxygens (including phenoxy) is 1. The summed E-state index contributed by atoms with van der Waals surface area (Å²) in [6, 6.07) is 0. The third-order valence-electron chi connectivity index (χ3n) is 2.12. The summed E-state index contributed by atoms with van der Waals surface area (Å²) in [6.07, 6.45) is 5.52. The van der Waals surface area contributed by atoms with E-state index in [2.05, 4.69) is 22.5 Å². The van der Waals surface area contributed by atoms with Gasteiger partial charge in [0, 0.05) is 10.7 Å². The van der Waals surface area contributed by atoms with Crippen LogP contribution in [0.2, 0.25) is 0 Å². The maximum Gasteiger partial charge on any atom is 0.0530 e. The van der Waals surface area contributed by atoms with E-state index < -0.39 is 0 Å². The lowest BCUT2D eigenvalue weighted by Crippen LogP contribution is -2.12. The molecule has 64 valence electrons. The van der Waals surface area contributed by atoms with Crippen LogP contribution in [0.1, 0.15) is 19.3 Å². The summed E-state index contributed by atoms with van der Waals surface area (Å²) in [5.74, 6) is 0. The largest absolute Gasteiger partial charge is 0.381 e. The van der Waals surface area contributed by atoms with Gasteiger partial charge in [-0.15, -0.1) is 6.58 Å². The number of rotatable bonds is 6. The topological polar surface area (TPSA) is 9.23 Å². The van der Waals surface area contributed by atoms with Crippen molar-refractivity contribution in [1.29, 1.82) is 0 Å². The van der Waals surface area contributed by atoms with Crippen molar-refractivity contribution in [3.63, 3.8) is 0 Å². The third kappa shape index (κ3) is 2.96. The van der Waals surface area contributed by atoms with Crippen LogP contribution < -0.4 is 0 Å². The summed E-state index contributed by atoms with van der Waals surface area (Å²) in [4.78, 5) is 0. The minimum Gasteiger partial charge on any atom is -0.381 e. The number of halogens is 1. The van der Waals surface area contributed by atoms with E-state index in [1.54, 1.807) is 0 Å². The van der Waals surface area contributed by atoms with Gasteiger partial charge in [-0.25, -0.2) is 0 Å². The van der Waals surface area contributed by atoms with Gasteiger partial charge in [0.15, 0.2) is 0 Å². The highest BCUT2D eigenvalue weighted by atomic mass is 79.9. The maximum absolute atomic E-state index is 5.49. The molecule has 0 aromatic rings. The van der Waals surface area contributed by atoms with Gasteiger partial charge in [0.2, 0.25) is 0 Å². The first kappa shape index (κ1) is 9.27. The Morgan fingerprint density at radius 3 is 2.73 bits per heavy atom. The standard InChI is InChI=1S/C9H15BrO/c1-2-3-6-11-8-9(7-10)4-5-9/h2H,1,3-8H2. The van der Waals surface area contributed by atoms with Crippen molar-refractivity contribution >= 4 is 15.9 Å². The Morgan fingerprint density at radius 1 is 1.55 bits per heavy atom. The molecule has 1 fully saturated rings. The van der Waals surface area contributed by atoms with E-state index >= 15 is 0 Å². The fourth-order valence-corrected chi connectivity index (χ4v) is 1.67. The lowest BCUT2D eigenvalue weighted by Gasteiger charge is -2.10. The van der Waals surface area contributed by atoms with Gasteiger partial charge in [0.05, 0.1) is 13.2 Å². The molecule has 0 aromatic heterocycles. The Bertz CT molecular complexity index is 130. The molecule has 0 saturated heterocycles. The highest BCUT2D eigenvalue weighted by Crippen LogP contribution is 2.47. The van der Waals surface area contributed by atoms with E-state index in [9.17, 15) is 0 Å². The van der Waals surface area contributed by atoms with Crippen LogP contribution >= 0.6 is 15.9 Å². The number of alkyl halides is 1. The minimum absolute atomic E-state index is 0.501. The van der Waals surface area contributed by atoms with E-state index in [1.807, 2.05) is 6.08 Å². The molecule has 0 atom stereocenters. The average Bonchev–Trinajstić information content (AvgIpc) is 2.80. The molecule has 11 heavy (non-hydrogen) atoms. The Morgan fingerprint density at radius 2 is 2.27 bits per heavy atom. The first-order chi connectivity index (χ1) is 5.33. The van der Waals surface area contributed by atoms with Gasteiger partial charge in [-0.2, -0.15) is 0 Å². The predicted molar refractivity (Wildman–Crippen MR) is 51.1 cm³/mol. The molecule has 1 nitrogen and oxygen atoms in total. The second kappa shape index (κ2) is 4.27. The molecule has 0 aliphatic heterocycles. The van der Waals surface area contributed by atoms with Crippen LogP contribution in [0.4, 0.5) is 0 Å². The summed E-state index contributed by atoms with van der Waals surface area (Å²) in [5, 5.41) is 1.09. The van der Waals surface area contributed by atoms with Gasteiger partial charge in [-0.1, -0.05) is 22.0 Å². The third-order valence-corrected chi connectivity index (χ3v) is 3.30. The van der Waals surface area contributed by atoms with Gasteiger partial charge < -0.3 is 4.74 Å². The normalized spacial score (nSPS) is 19.7. The molecule has 1 saturated carbocycles. The van der Waals surface area contributed by atoms with Crippen molar-refractivity contribution in [2.24, 2.45) is 5.41 Å². The molecule has 0 spiro atoms. The first-order valence-corrected chi connectivity index (χ1v) is 5.20. The highest BCUT2D eigenvalue weighted by molar-refractivity contribution is 9.09. The summed E-state index contributed by atoms with van der Waals surface area (Å²) in [7, 11) is 0. The average molecular weight is 219 g/mol. The zero-order chi connectivity index (χ0) is 8.16. The van der Waals surface area contributed by atoms with Crippen LogP contribution in [0.5, 0.6) is 0 Å². The second-order valence-corrected chi connectivity index (χ2v) is 3.82. The van der Waals surface area contributed by atoms with Crippen molar-refractivity contribution in [3.05, 3.63) is 12.7 Å². The molecule has 0 amide bonds. The molecular weight excluding hydrogens is 204 g/mol. The van der Waals surface area contributed by atoms with Crippen molar-refractivity contribution in [2.75, 3.05) is 18.5 Å². The Kier molecular flexibility index (Phi) is 3.60. The number of hydrogen-bond acceptors (Lipinski definition) is 1. The van der Waals surface area contributed by atoms with Crippen LogP contribution in [0, 0.1) is 5.41 Å². The monoisotopic (exact) mass is 218 g/mol. The van der Waals surface area contributed by atoms with Crippen molar-refractivity contribution in [2.45, 2.75) is 19.3 Å². The lowest BCUT2D eigenvalue weighted by atomic mass is 10.2. The quantitative estimate of drug-likeness (QED) is 0.379. The lowest BCUT2D eigenvalue weighted by molar-refractivity contribution is 0.102. The highest BCUT2D eigenvalue weighted by Gasteiger charge is 2.41. The zero-order valence-corrected chi connectivity index (χ0v) is 8.40. The van der Waals surface area contributed by atoms with Crippen LogP contribution in [-0.2, 0) is 4.74 Å². The van der Waals surface area contributed by atoms with E-state index in [4.69, 9.17) is 4.74 Å². The van der Waals surface area contributed by atoms with Gasteiger partial charge >= 0.3 is 0 Å². The fraction of sp³-hybridized carbons (Fsp3) is 0.778. The molecule has 0 radical (unpaired) electrons. The number of hydrogen-bond donors (Lipinski definition) is 0. The molecule has 2 heteroatoms. The fourth-order valence-electron chi connectivity index (χ4n) is 0.949. The second-order valence-electron chi connectivity index (χ2n) is 3.26. The first-order valence-electron chi connectivity index (χ1n) is 4.08. The van der Waals surface area contributed by atoms with Gasteiger partial charge in [0.25, 0.3) is 0 Å². The van der Waals surface area contributed by atoms with E-state index in [1.165, 1.54) is 12.8 Å². The molecule has 0 bridgehead atoms. The van der Waals surface area contributed by atoms with E-state index in [0.717, 1.165) is 25.0 Å². The Balaban J connectivity index is 1.98. The van der Waals surface area contributed by atoms with Gasteiger partial charge in [0.1, 0.15) is 0 Å². The SMILES string of the molecule is C=CCCOCC1(CBr)CC1. The predicted octanol–water partition coefficient (Wildman–Crippen LogP) is 2.75. The summed E-state index contributed by atoms with van der Waals surface area (Å²) in [6.45, 7) is 5.40. The minimum atomic E-state index is 0.501. The van der Waals surface area contributed by atoms with Gasteiger partial charge in [-0.05, 0) is 19.3 Å². The summed E-state index contributed by atoms with van der Waals surface area (Å²) >= 11 is 3.50. The zero-order valence-electron chi connectivity index (χ0n) is 6.81. The van der Waals surface area contributed by atoms with E-state index in [0.29, 0.717) is 5.41 Å². The van der Waals surface area contributed by atoms with Gasteiger partial charge in [-0.3, -0.25) is 0 Å². The molecule has 0 aromatic carbocycles. The Labute approximate surface area is 76.9 Å². The van der Waals surface area contributed by atoms with Crippen LogP contribution in [0.15, 0.2) is 12.7 Å². The molecule has 1 aliphatic rings. The van der Waals surface area contributed by atoms with Crippen molar-refractivity contribution in [1.82, 2.24) is 0 Å². The van der Waals surface area contributed by atoms with Crippen LogP contribution in [0.3, 0.4) is 0 Å². The smallest absolute Gasteiger partial charge is 0.0530 e. The maximum atomic E-state index is 5.49. The molecule has 1 rings (SSSR count). The summed E-state index contributed by atoms with van der Waals surface area (Å²) in [5.41, 5.74) is 0.501. The molecular formula is C9H15BrO. The molecule has 0 unspecified atom stereocenters. The molecule has 1 aliphatic carbocycles. The summed E-state index contributed by atoms with van der Waals surface area (Å²) < 4.78 is 5.49. The van der Waals surface area contributed by atoms with Crippen LogP contribution in [0.25, 0.3) is 0 Å². The van der Waals surface area contributed by atoms with Crippen molar-refractivity contribution in [3.8, 4) is 0 Å². The van der Waals surface area contributed by atoms with Crippen molar-refractivity contribution < 1.29 is 4.74 Å². The molecule has 0 heterocycles. The molecule has 0 N–H and O–H groups in total. The van der Waals surface area contributed by atoms with Crippen LogP contribution in [-0.4, -0.2) is 18.5 Å². The van der Waals surface area contributed by atoms with E-state index in [-0.39, 0.29) is 0 Å². The Hall–Kier alpha value is 0.180.